The van der Waals surface area contributed by atoms with Crippen molar-refractivity contribution in [2.75, 3.05) is 13.7 Å². The minimum absolute atomic E-state index is 0.0817. The molecule has 0 amide bonds. The van der Waals surface area contributed by atoms with Gasteiger partial charge in [0, 0.05) is 12.5 Å². The number of phenolic OH excluding ortho intramolecular Hbond substituents is 1. The van der Waals surface area contributed by atoms with E-state index in [4.69, 9.17) is 4.74 Å². The molecule has 0 radical (unpaired) electrons. The molecule has 3 rings (SSSR count). The Balaban J connectivity index is 1.75. The molecule has 1 atom stereocenters. The average Bonchev–Trinajstić information content (AvgIpc) is 2.69. The maximum absolute atomic E-state index is 9.90. The lowest BCUT2D eigenvalue weighted by Gasteiger charge is -2.16. The Morgan fingerprint density at radius 3 is 2.38 bits per heavy atom. The average molecular weight is 348 g/mol. The molecule has 3 aromatic rings. The summed E-state index contributed by atoms with van der Waals surface area (Å²) in [5.41, 5.74) is 4.47. The van der Waals surface area contributed by atoms with Crippen LogP contribution < -0.4 is 4.74 Å². The molecular weight excluding hydrogens is 324 g/mol. The van der Waals surface area contributed by atoms with Gasteiger partial charge in [0.1, 0.15) is 11.5 Å². The van der Waals surface area contributed by atoms with Crippen molar-refractivity contribution in [3.8, 4) is 22.6 Å². The lowest BCUT2D eigenvalue weighted by atomic mass is 9.91. The van der Waals surface area contributed by atoms with Crippen molar-refractivity contribution in [1.82, 2.24) is 0 Å². The molecule has 0 saturated carbocycles. The van der Waals surface area contributed by atoms with Gasteiger partial charge in [-0.1, -0.05) is 48.5 Å². The number of hydrogen-bond acceptors (Lipinski definition) is 3. The molecule has 0 aliphatic carbocycles. The molecule has 1 unspecified atom stereocenters. The summed E-state index contributed by atoms with van der Waals surface area (Å²) in [5, 5.41) is 19.4. The number of aryl methyl sites for hydroxylation is 1. The second-order valence-corrected chi connectivity index (χ2v) is 6.44. The van der Waals surface area contributed by atoms with Gasteiger partial charge >= 0.3 is 0 Å². The first-order valence-electron chi connectivity index (χ1n) is 8.83. The molecule has 0 aliphatic rings. The fourth-order valence-electron chi connectivity index (χ4n) is 3.16. The number of methoxy groups -OCH3 is 1. The van der Waals surface area contributed by atoms with Crippen LogP contribution in [0.25, 0.3) is 11.1 Å². The largest absolute Gasteiger partial charge is 0.508 e. The fourth-order valence-corrected chi connectivity index (χ4v) is 3.16. The monoisotopic (exact) mass is 348 g/mol. The van der Waals surface area contributed by atoms with Crippen molar-refractivity contribution in [3.05, 3.63) is 83.9 Å². The Morgan fingerprint density at radius 2 is 1.65 bits per heavy atom. The minimum Gasteiger partial charge on any atom is -0.508 e. The van der Waals surface area contributed by atoms with E-state index in [-0.39, 0.29) is 18.3 Å². The Bertz CT molecular complexity index is 840. The van der Waals surface area contributed by atoms with Crippen molar-refractivity contribution in [1.29, 1.82) is 0 Å². The van der Waals surface area contributed by atoms with Gasteiger partial charge in [-0.2, -0.15) is 0 Å². The molecule has 3 aromatic carbocycles. The van der Waals surface area contributed by atoms with Crippen LogP contribution in [0, 0.1) is 0 Å². The van der Waals surface area contributed by atoms with E-state index in [0.29, 0.717) is 0 Å². The van der Waals surface area contributed by atoms with Gasteiger partial charge in [-0.25, -0.2) is 0 Å². The van der Waals surface area contributed by atoms with Crippen LogP contribution in [0.1, 0.15) is 23.5 Å². The number of aromatic hydroxyl groups is 1. The summed E-state index contributed by atoms with van der Waals surface area (Å²) in [7, 11) is 1.67. The molecule has 3 heteroatoms. The summed E-state index contributed by atoms with van der Waals surface area (Å²) < 4.78 is 5.28. The van der Waals surface area contributed by atoms with E-state index in [1.165, 1.54) is 5.56 Å². The number of aliphatic hydroxyl groups excluding tert-OH is 1. The van der Waals surface area contributed by atoms with Gasteiger partial charge in [0.25, 0.3) is 0 Å². The lowest BCUT2D eigenvalue weighted by Crippen LogP contribution is -2.06. The minimum atomic E-state index is 0.0817. The van der Waals surface area contributed by atoms with Crippen LogP contribution >= 0.6 is 0 Å². The zero-order valence-electron chi connectivity index (χ0n) is 14.9. The summed E-state index contributed by atoms with van der Waals surface area (Å²) in [5.74, 6) is 1.20. The van der Waals surface area contributed by atoms with E-state index in [9.17, 15) is 10.2 Å². The first-order chi connectivity index (χ1) is 12.7. The summed E-state index contributed by atoms with van der Waals surface area (Å²) in [4.78, 5) is 0. The summed E-state index contributed by atoms with van der Waals surface area (Å²) >= 11 is 0. The van der Waals surface area contributed by atoms with Gasteiger partial charge < -0.3 is 14.9 Å². The Kier molecular flexibility index (Phi) is 5.92. The molecule has 26 heavy (non-hydrogen) atoms. The van der Waals surface area contributed by atoms with Crippen molar-refractivity contribution >= 4 is 0 Å². The third-order valence-electron chi connectivity index (χ3n) is 4.69. The zero-order valence-corrected chi connectivity index (χ0v) is 14.9. The quantitative estimate of drug-likeness (QED) is 0.646. The van der Waals surface area contributed by atoms with Gasteiger partial charge in [-0.05, 0) is 59.4 Å². The maximum Gasteiger partial charge on any atom is 0.119 e. The highest BCUT2D eigenvalue weighted by Crippen LogP contribution is 2.28. The number of phenols is 1. The lowest BCUT2D eigenvalue weighted by molar-refractivity contribution is 0.259. The van der Waals surface area contributed by atoms with E-state index in [1.807, 2.05) is 42.5 Å². The molecular formula is C23H24O3. The summed E-state index contributed by atoms with van der Waals surface area (Å²) in [6.07, 6.45) is 1.74. The second-order valence-electron chi connectivity index (χ2n) is 6.44. The first-order valence-corrected chi connectivity index (χ1v) is 8.83. The van der Waals surface area contributed by atoms with E-state index in [1.54, 1.807) is 19.2 Å². The molecule has 0 bridgehead atoms. The van der Waals surface area contributed by atoms with Crippen LogP contribution in [0.5, 0.6) is 11.5 Å². The van der Waals surface area contributed by atoms with Crippen LogP contribution in [0.3, 0.4) is 0 Å². The topological polar surface area (TPSA) is 49.7 Å². The molecule has 0 heterocycles. The Morgan fingerprint density at radius 1 is 0.885 bits per heavy atom. The van der Waals surface area contributed by atoms with Crippen LogP contribution in [0.4, 0.5) is 0 Å². The smallest absolute Gasteiger partial charge is 0.119 e. The highest BCUT2D eigenvalue weighted by atomic mass is 16.5. The van der Waals surface area contributed by atoms with Crippen molar-refractivity contribution in [2.45, 2.75) is 18.8 Å². The standard InChI is InChI=1S/C23H24O3/c1-26-23-7-2-4-17(14-23)8-9-21(16-24)20-6-3-5-19(15-20)18-10-12-22(25)13-11-18/h2-7,10-15,21,24-25H,8-9,16H2,1H3. The van der Waals surface area contributed by atoms with E-state index < -0.39 is 0 Å². The summed E-state index contributed by atoms with van der Waals surface area (Å²) in [6, 6.07) is 23.5. The molecule has 0 aliphatic heterocycles. The zero-order chi connectivity index (χ0) is 18.4. The van der Waals surface area contributed by atoms with Gasteiger partial charge in [-0.3, -0.25) is 0 Å². The van der Waals surface area contributed by atoms with Gasteiger partial charge in [0.15, 0.2) is 0 Å². The predicted molar refractivity (Wildman–Crippen MR) is 105 cm³/mol. The van der Waals surface area contributed by atoms with Crippen LogP contribution in [0.15, 0.2) is 72.8 Å². The SMILES string of the molecule is COc1cccc(CCC(CO)c2cccc(-c3ccc(O)cc3)c2)c1. The van der Waals surface area contributed by atoms with E-state index >= 15 is 0 Å². The molecule has 0 aromatic heterocycles. The number of hydrogen-bond donors (Lipinski definition) is 2. The van der Waals surface area contributed by atoms with Crippen molar-refractivity contribution in [2.24, 2.45) is 0 Å². The maximum atomic E-state index is 9.90. The third kappa shape index (κ3) is 4.44. The number of aliphatic hydroxyl groups is 1. The Hall–Kier alpha value is -2.78. The van der Waals surface area contributed by atoms with Crippen molar-refractivity contribution in [3.63, 3.8) is 0 Å². The molecule has 2 N–H and O–H groups in total. The number of benzene rings is 3. The summed E-state index contributed by atoms with van der Waals surface area (Å²) in [6.45, 7) is 0.114. The van der Waals surface area contributed by atoms with Gasteiger partial charge in [0.2, 0.25) is 0 Å². The molecule has 3 nitrogen and oxygen atoms in total. The molecule has 134 valence electrons. The molecule has 0 saturated heterocycles. The highest BCUT2D eigenvalue weighted by Gasteiger charge is 2.12. The highest BCUT2D eigenvalue weighted by molar-refractivity contribution is 5.65. The number of rotatable bonds is 7. The second kappa shape index (κ2) is 8.54. The Labute approximate surface area is 154 Å². The van der Waals surface area contributed by atoms with E-state index in [2.05, 4.69) is 18.2 Å². The van der Waals surface area contributed by atoms with Gasteiger partial charge in [0.05, 0.1) is 7.11 Å². The fraction of sp³-hybridized carbons (Fsp3) is 0.217. The molecule has 0 spiro atoms. The first kappa shape index (κ1) is 18.0. The van der Waals surface area contributed by atoms with Crippen LogP contribution in [-0.4, -0.2) is 23.9 Å². The van der Waals surface area contributed by atoms with Crippen LogP contribution in [-0.2, 0) is 6.42 Å². The van der Waals surface area contributed by atoms with Crippen LogP contribution in [0.2, 0.25) is 0 Å². The number of ether oxygens (including phenoxy) is 1. The third-order valence-corrected chi connectivity index (χ3v) is 4.69. The normalized spacial score (nSPS) is 11.9. The van der Waals surface area contributed by atoms with Gasteiger partial charge in [-0.15, -0.1) is 0 Å². The predicted octanol–water partition coefficient (Wildman–Crippen LogP) is 4.78. The molecule has 0 fully saturated rings. The van der Waals surface area contributed by atoms with Crippen molar-refractivity contribution < 1.29 is 14.9 Å². The van der Waals surface area contributed by atoms with E-state index in [0.717, 1.165) is 35.3 Å².